The second-order valence-electron chi connectivity index (χ2n) is 11.9. The Labute approximate surface area is 255 Å². The van der Waals surface area contributed by atoms with E-state index in [0.717, 1.165) is 32.8 Å². The topological polar surface area (TPSA) is 101 Å². The van der Waals surface area contributed by atoms with Crippen molar-refractivity contribution < 1.29 is 29.0 Å². The molecule has 226 valence electrons. The summed E-state index contributed by atoms with van der Waals surface area (Å²) in [5.41, 5.74) is 3.75. The van der Waals surface area contributed by atoms with Crippen molar-refractivity contribution in [3.8, 4) is 28.1 Å². The van der Waals surface area contributed by atoms with E-state index in [-0.39, 0.29) is 29.5 Å². The van der Waals surface area contributed by atoms with Crippen molar-refractivity contribution in [1.29, 1.82) is 0 Å². The molecule has 2 amide bonds. The van der Waals surface area contributed by atoms with Crippen molar-refractivity contribution in [3.05, 3.63) is 65.5 Å². The molecule has 5 rings (SSSR count). The highest BCUT2D eigenvalue weighted by Crippen LogP contribution is 2.45. The van der Waals surface area contributed by atoms with Crippen LogP contribution in [0.4, 0.5) is 4.79 Å². The molecule has 1 saturated heterocycles. The Bertz CT molecular complexity index is 1630. The molecule has 0 saturated carbocycles. The lowest BCUT2D eigenvalue weighted by molar-refractivity contribution is -0.129. The molecule has 3 heterocycles. The van der Waals surface area contributed by atoms with Gasteiger partial charge in [0.1, 0.15) is 28.9 Å². The van der Waals surface area contributed by atoms with Crippen molar-refractivity contribution in [1.82, 2.24) is 14.4 Å². The van der Waals surface area contributed by atoms with E-state index >= 15 is 0 Å². The number of fused-ring (bicyclic) bond motifs is 1. The number of ether oxygens (including phenoxy) is 2. The number of likely N-dealkylation sites (N-methyl/N-ethyl adjacent to an activating group) is 1. The second-order valence-corrected chi connectivity index (χ2v) is 13.0. The SMILES string of the molecule is CN(C)C(=O)Cn1c(-c2ccc(OC3CCN(C(=O)OC(C)(C)C)CC3)cc2)c(-c2ccccc2)c2sc(C(=O)O)cc21. The number of amides is 2. The maximum Gasteiger partial charge on any atom is 0.410 e. The van der Waals surface area contributed by atoms with Crippen LogP contribution < -0.4 is 4.74 Å². The Balaban J connectivity index is 1.45. The average Bonchev–Trinajstić information content (AvgIpc) is 3.52. The van der Waals surface area contributed by atoms with Crippen LogP contribution in [0, 0.1) is 0 Å². The van der Waals surface area contributed by atoms with Gasteiger partial charge >= 0.3 is 12.1 Å². The fraction of sp³-hybridized carbons (Fsp3) is 0.364. The highest BCUT2D eigenvalue weighted by atomic mass is 32.1. The van der Waals surface area contributed by atoms with Crippen LogP contribution in [0.3, 0.4) is 0 Å². The first-order valence-corrected chi connectivity index (χ1v) is 15.1. The number of aromatic nitrogens is 1. The van der Waals surface area contributed by atoms with Crippen molar-refractivity contribution in [2.45, 2.75) is 51.9 Å². The van der Waals surface area contributed by atoms with Gasteiger partial charge in [-0.1, -0.05) is 30.3 Å². The molecule has 9 nitrogen and oxygen atoms in total. The van der Waals surface area contributed by atoms with Gasteiger partial charge in [-0.05, 0) is 62.2 Å². The Morgan fingerprint density at radius 3 is 2.21 bits per heavy atom. The van der Waals surface area contributed by atoms with Crippen LogP contribution in [0.25, 0.3) is 32.6 Å². The van der Waals surface area contributed by atoms with Crippen LogP contribution in [0.2, 0.25) is 0 Å². The number of hydrogen-bond donors (Lipinski definition) is 1. The van der Waals surface area contributed by atoms with Crippen LogP contribution in [-0.4, -0.2) is 76.3 Å². The summed E-state index contributed by atoms with van der Waals surface area (Å²) in [4.78, 5) is 40.8. The number of aromatic carboxylic acids is 1. The van der Waals surface area contributed by atoms with Gasteiger partial charge in [0.25, 0.3) is 0 Å². The first-order valence-electron chi connectivity index (χ1n) is 14.3. The van der Waals surface area contributed by atoms with Crippen LogP contribution >= 0.6 is 11.3 Å². The van der Waals surface area contributed by atoms with Gasteiger partial charge < -0.3 is 28.9 Å². The van der Waals surface area contributed by atoms with Crippen LogP contribution in [0.1, 0.15) is 43.3 Å². The predicted molar refractivity (Wildman–Crippen MR) is 168 cm³/mol. The lowest BCUT2D eigenvalue weighted by Gasteiger charge is -2.33. The standard InChI is InChI=1S/C33H37N3O6S/c1-33(2,3)42-32(40)35-17-15-24(16-18-35)41-23-13-11-22(12-14-23)29-28(21-9-7-6-8-10-21)30-25(19-26(43-30)31(38)39)36(29)20-27(37)34(4)5/h6-14,19,24H,15-18,20H2,1-5H3,(H,38,39). The summed E-state index contributed by atoms with van der Waals surface area (Å²) in [5, 5.41) is 9.75. The number of carboxylic acids is 1. The minimum Gasteiger partial charge on any atom is -0.490 e. The minimum atomic E-state index is -0.995. The monoisotopic (exact) mass is 603 g/mol. The third-order valence-corrected chi connectivity index (χ3v) is 8.46. The number of hydrogen-bond acceptors (Lipinski definition) is 6. The maximum absolute atomic E-state index is 13.0. The van der Waals surface area contributed by atoms with Crippen LogP contribution in [0.15, 0.2) is 60.7 Å². The number of carbonyl (C=O) groups excluding carboxylic acids is 2. The minimum absolute atomic E-state index is 0.0224. The summed E-state index contributed by atoms with van der Waals surface area (Å²) >= 11 is 1.22. The summed E-state index contributed by atoms with van der Waals surface area (Å²) in [5.74, 6) is -0.373. The van der Waals surface area contributed by atoms with Crippen LogP contribution in [-0.2, 0) is 16.1 Å². The molecular weight excluding hydrogens is 566 g/mol. The first-order chi connectivity index (χ1) is 20.4. The fourth-order valence-electron chi connectivity index (χ4n) is 5.21. The Hall–Kier alpha value is -4.31. The van der Waals surface area contributed by atoms with Crippen molar-refractivity contribution in [2.24, 2.45) is 0 Å². The van der Waals surface area contributed by atoms with Crippen molar-refractivity contribution in [2.75, 3.05) is 27.2 Å². The van der Waals surface area contributed by atoms with E-state index in [4.69, 9.17) is 9.47 Å². The average molecular weight is 604 g/mol. The molecule has 1 N–H and O–H groups in total. The quantitative estimate of drug-likeness (QED) is 0.255. The van der Waals surface area contributed by atoms with Gasteiger partial charge in [0.05, 0.1) is 15.9 Å². The van der Waals surface area contributed by atoms with Gasteiger partial charge in [-0.25, -0.2) is 9.59 Å². The predicted octanol–water partition coefficient (Wildman–Crippen LogP) is 6.60. The fourth-order valence-corrected chi connectivity index (χ4v) is 6.28. The molecule has 0 spiro atoms. The van der Waals surface area contributed by atoms with E-state index < -0.39 is 11.6 Å². The molecular formula is C33H37N3O6S. The van der Waals surface area contributed by atoms with E-state index in [0.29, 0.717) is 31.4 Å². The lowest BCUT2D eigenvalue weighted by atomic mass is 10.0. The van der Waals surface area contributed by atoms with Crippen molar-refractivity contribution >= 4 is 39.5 Å². The summed E-state index contributed by atoms with van der Waals surface area (Å²) in [6, 6.07) is 19.3. The molecule has 0 aliphatic carbocycles. The Kier molecular flexibility index (Phi) is 8.50. The van der Waals surface area contributed by atoms with Gasteiger partial charge in [0.15, 0.2) is 0 Å². The van der Waals surface area contributed by atoms with Gasteiger partial charge in [0.2, 0.25) is 5.91 Å². The zero-order valence-corrected chi connectivity index (χ0v) is 25.9. The number of carbonyl (C=O) groups is 3. The number of benzene rings is 2. The molecule has 43 heavy (non-hydrogen) atoms. The third-order valence-electron chi connectivity index (χ3n) is 7.33. The van der Waals surface area contributed by atoms with Gasteiger partial charge in [-0.15, -0.1) is 11.3 Å². The van der Waals surface area contributed by atoms with Crippen molar-refractivity contribution in [3.63, 3.8) is 0 Å². The largest absolute Gasteiger partial charge is 0.490 e. The lowest BCUT2D eigenvalue weighted by Crippen LogP contribution is -2.44. The normalized spacial score (nSPS) is 14.1. The van der Waals surface area contributed by atoms with E-state index in [1.165, 1.54) is 16.2 Å². The number of piperidine rings is 1. The third kappa shape index (κ3) is 6.69. The van der Waals surface area contributed by atoms with Gasteiger partial charge in [0, 0.05) is 45.6 Å². The summed E-state index contributed by atoms with van der Waals surface area (Å²) < 4.78 is 14.5. The molecule has 1 fully saturated rings. The van der Waals surface area contributed by atoms with E-state index in [9.17, 15) is 19.5 Å². The molecule has 0 unspecified atom stereocenters. The van der Waals surface area contributed by atoms with Crippen LogP contribution in [0.5, 0.6) is 5.75 Å². The molecule has 2 aromatic carbocycles. The zero-order valence-electron chi connectivity index (χ0n) is 25.1. The molecule has 4 aromatic rings. The number of nitrogens with zero attached hydrogens (tertiary/aromatic N) is 3. The molecule has 0 atom stereocenters. The molecule has 1 aliphatic heterocycles. The maximum atomic E-state index is 13.0. The van der Waals surface area contributed by atoms with E-state index in [2.05, 4.69) is 0 Å². The molecule has 0 radical (unpaired) electrons. The smallest absolute Gasteiger partial charge is 0.410 e. The molecule has 1 aliphatic rings. The molecule has 0 bridgehead atoms. The van der Waals surface area contributed by atoms with Gasteiger partial charge in [-0.3, -0.25) is 4.79 Å². The van der Waals surface area contributed by atoms with Gasteiger partial charge in [-0.2, -0.15) is 0 Å². The Morgan fingerprint density at radius 1 is 0.977 bits per heavy atom. The summed E-state index contributed by atoms with van der Waals surface area (Å²) in [6.45, 7) is 6.79. The van der Waals surface area contributed by atoms with E-state index in [1.54, 1.807) is 25.1 Å². The second kappa shape index (κ2) is 12.1. The Morgan fingerprint density at radius 2 is 1.63 bits per heavy atom. The number of likely N-dealkylation sites (tertiary alicyclic amines) is 1. The molecule has 2 aromatic heterocycles. The highest BCUT2D eigenvalue weighted by Gasteiger charge is 2.28. The van der Waals surface area contributed by atoms with E-state index in [1.807, 2.05) is 79.9 Å². The first kappa shape index (κ1) is 30.2. The molecule has 10 heteroatoms. The number of rotatable bonds is 7. The number of carboxylic acid groups (broad SMARTS) is 1. The number of thiophene rings is 1. The zero-order chi connectivity index (χ0) is 30.9. The summed E-state index contributed by atoms with van der Waals surface area (Å²) in [7, 11) is 3.42. The highest BCUT2D eigenvalue weighted by molar-refractivity contribution is 7.21. The summed E-state index contributed by atoms with van der Waals surface area (Å²) in [6.07, 6.45) is 1.09.